The third-order valence-electron chi connectivity index (χ3n) is 3.82. The Kier molecular flexibility index (Phi) is 4.56. The van der Waals surface area contributed by atoms with Crippen LogP contribution in [0.5, 0.6) is 0 Å². The van der Waals surface area contributed by atoms with Gasteiger partial charge in [0.15, 0.2) is 0 Å². The molecule has 1 aliphatic heterocycles. The second kappa shape index (κ2) is 6.77. The maximum Gasteiger partial charge on any atom is 0.128 e. The number of nitrogens with zero attached hydrogens (tertiary/aromatic N) is 4. The quantitative estimate of drug-likeness (QED) is 0.939. The first-order valence-corrected chi connectivity index (χ1v) is 8.23. The van der Waals surface area contributed by atoms with Crippen molar-refractivity contribution in [3.05, 3.63) is 40.2 Å². The number of likely N-dealkylation sites (N-methyl/N-ethyl adjacent to an activating group) is 1. The van der Waals surface area contributed by atoms with Gasteiger partial charge < -0.3 is 15.1 Å². The minimum Gasteiger partial charge on any atom is -0.379 e. The standard InChI is InChI=1S/C16H19N5S/c1-20-4-6-21(7-5-20)16-3-2-14(10-19-16)18-11-15-8-13(9-17)12-22-15/h2-3,8,10,12,18H,4-7,11H2,1H3. The van der Waals surface area contributed by atoms with Gasteiger partial charge in [-0.15, -0.1) is 11.3 Å². The number of piperazine rings is 1. The molecule has 2 aromatic rings. The SMILES string of the molecule is CN1CCN(c2ccc(NCc3cc(C#N)cs3)cn2)CC1. The first-order chi connectivity index (χ1) is 10.7. The molecule has 0 aromatic carbocycles. The lowest BCUT2D eigenvalue weighted by atomic mass is 10.3. The van der Waals surface area contributed by atoms with Gasteiger partial charge in [0.2, 0.25) is 0 Å². The molecule has 0 saturated carbocycles. The molecule has 1 aliphatic rings. The Balaban J connectivity index is 1.56. The van der Waals surface area contributed by atoms with Crippen LogP contribution in [0.15, 0.2) is 29.8 Å². The molecule has 22 heavy (non-hydrogen) atoms. The summed E-state index contributed by atoms with van der Waals surface area (Å²) in [7, 11) is 2.15. The van der Waals surface area contributed by atoms with Gasteiger partial charge in [0.1, 0.15) is 11.9 Å². The van der Waals surface area contributed by atoms with Crippen LogP contribution in [0.1, 0.15) is 10.4 Å². The number of hydrogen-bond acceptors (Lipinski definition) is 6. The highest BCUT2D eigenvalue weighted by Crippen LogP contribution is 2.18. The van der Waals surface area contributed by atoms with Gasteiger partial charge in [-0.05, 0) is 25.2 Å². The smallest absolute Gasteiger partial charge is 0.128 e. The summed E-state index contributed by atoms with van der Waals surface area (Å²) in [6, 6.07) is 8.22. The van der Waals surface area contributed by atoms with E-state index in [2.05, 4.69) is 45.4 Å². The number of nitriles is 1. The molecule has 5 nitrogen and oxygen atoms in total. The van der Waals surface area contributed by atoms with Gasteiger partial charge in [-0.25, -0.2) is 4.98 Å². The second-order valence-corrected chi connectivity index (χ2v) is 6.46. The summed E-state index contributed by atoms with van der Waals surface area (Å²) in [5.74, 6) is 1.04. The van der Waals surface area contributed by atoms with Crippen LogP contribution >= 0.6 is 11.3 Å². The molecule has 0 amide bonds. The molecule has 114 valence electrons. The van der Waals surface area contributed by atoms with Crippen molar-refractivity contribution < 1.29 is 0 Å². The Labute approximate surface area is 134 Å². The Morgan fingerprint density at radius 1 is 1.32 bits per heavy atom. The average molecular weight is 313 g/mol. The minimum absolute atomic E-state index is 0.724. The first kappa shape index (κ1) is 14.8. The predicted octanol–water partition coefficient (Wildman–Crippen LogP) is 2.38. The van der Waals surface area contributed by atoms with E-state index in [4.69, 9.17) is 5.26 Å². The molecule has 0 bridgehead atoms. The summed E-state index contributed by atoms with van der Waals surface area (Å²) >= 11 is 1.60. The number of rotatable bonds is 4. The van der Waals surface area contributed by atoms with Gasteiger partial charge in [-0.3, -0.25) is 0 Å². The third-order valence-corrected chi connectivity index (χ3v) is 4.76. The van der Waals surface area contributed by atoms with Crippen LogP contribution in [0.4, 0.5) is 11.5 Å². The molecule has 1 fully saturated rings. The van der Waals surface area contributed by atoms with Crippen molar-refractivity contribution in [3.8, 4) is 6.07 Å². The van der Waals surface area contributed by atoms with Crippen molar-refractivity contribution in [2.24, 2.45) is 0 Å². The third kappa shape index (κ3) is 3.56. The number of thiophene rings is 1. The molecule has 0 atom stereocenters. The number of pyridine rings is 1. The van der Waals surface area contributed by atoms with Crippen molar-refractivity contribution >= 4 is 22.8 Å². The summed E-state index contributed by atoms with van der Waals surface area (Å²) in [6.45, 7) is 4.95. The molecule has 0 radical (unpaired) electrons. The molecule has 0 aliphatic carbocycles. The Bertz CT molecular complexity index is 650. The summed E-state index contributed by atoms with van der Waals surface area (Å²) < 4.78 is 0. The van der Waals surface area contributed by atoms with E-state index in [0.29, 0.717) is 0 Å². The van der Waals surface area contributed by atoms with Crippen molar-refractivity contribution in [1.29, 1.82) is 5.26 Å². The van der Waals surface area contributed by atoms with Crippen LogP contribution in [-0.2, 0) is 6.54 Å². The molecule has 1 saturated heterocycles. The molecule has 3 rings (SSSR count). The second-order valence-electron chi connectivity index (χ2n) is 5.46. The van der Waals surface area contributed by atoms with E-state index in [1.807, 2.05) is 17.6 Å². The van der Waals surface area contributed by atoms with E-state index in [1.54, 1.807) is 11.3 Å². The molecule has 3 heterocycles. The first-order valence-electron chi connectivity index (χ1n) is 7.35. The molecule has 1 N–H and O–H groups in total. The zero-order chi connectivity index (χ0) is 15.4. The van der Waals surface area contributed by atoms with Crippen LogP contribution in [0, 0.1) is 11.3 Å². The molecular formula is C16H19N5S. The summed E-state index contributed by atoms with van der Waals surface area (Å²) in [5, 5.41) is 14.1. The maximum absolute atomic E-state index is 8.83. The molecule has 2 aromatic heterocycles. The Morgan fingerprint density at radius 3 is 2.77 bits per heavy atom. The van der Waals surface area contributed by atoms with Crippen molar-refractivity contribution in [1.82, 2.24) is 9.88 Å². The predicted molar refractivity (Wildman–Crippen MR) is 90.3 cm³/mol. The van der Waals surface area contributed by atoms with Crippen LogP contribution in [0.25, 0.3) is 0 Å². The van der Waals surface area contributed by atoms with Gasteiger partial charge in [0, 0.05) is 43.0 Å². The van der Waals surface area contributed by atoms with Gasteiger partial charge in [-0.1, -0.05) is 0 Å². The fraction of sp³-hybridized carbons (Fsp3) is 0.375. The van der Waals surface area contributed by atoms with E-state index in [0.717, 1.165) is 54.7 Å². The van der Waals surface area contributed by atoms with Crippen molar-refractivity contribution in [2.75, 3.05) is 43.4 Å². The van der Waals surface area contributed by atoms with Crippen LogP contribution in [0.2, 0.25) is 0 Å². The summed E-state index contributed by atoms with van der Waals surface area (Å²) in [6.07, 6.45) is 1.88. The lowest BCUT2D eigenvalue weighted by Gasteiger charge is -2.33. The topological polar surface area (TPSA) is 55.2 Å². The highest BCUT2D eigenvalue weighted by Gasteiger charge is 2.14. The fourth-order valence-corrected chi connectivity index (χ4v) is 3.18. The number of aromatic nitrogens is 1. The molecule has 0 unspecified atom stereocenters. The normalized spacial score (nSPS) is 15.5. The summed E-state index contributed by atoms with van der Waals surface area (Å²) in [4.78, 5) is 10.4. The van der Waals surface area contributed by atoms with Crippen LogP contribution in [0.3, 0.4) is 0 Å². The Hall–Kier alpha value is -2.10. The highest BCUT2D eigenvalue weighted by molar-refractivity contribution is 7.10. The van der Waals surface area contributed by atoms with Crippen LogP contribution < -0.4 is 10.2 Å². The van der Waals surface area contributed by atoms with E-state index in [9.17, 15) is 0 Å². The van der Waals surface area contributed by atoms with Gasteiger partial charge in [0.25, 0.3) is 0 Å². The van der Waals surface area contributed by atoms with Crippen molar-refractivity contribution in [2.45, 2.75) is 6.54 Å². The summed E-state index contributed by atoms with van der Waals surface area (Å²) in [5.41, 5.74) is 1.73. The lowest BCUT2D eigenvalue weighted by molar-refractivity contribution is 0.312. The van der Waals surface area contributed by atoms with Crippen molar-refractivity contribution in [3.63, 3.8) is 0 Å². The van der Waals surface area contributed by atoms with E-state index in [-0.39, 0.29) is 0 Å². The molecule has 0 spiro atoms. The zero-order valence-electron chi connectivity index (χ0n) is 12.6. The monoisotopic (exact) mass is 313 g/mol. The molecular weight excluding hydrogens is 294 g/mol. The largest absolute Gasteiger partial charge is 0.379 e. The van der Waals surface area contributed by atoms with Gasteiger partial charge in [-0.2, -0.15) is 5.26 Å². The lowest BCUT2D eigenvalue weighted by Crippen LogP contribution is -2.44. The number of anilines is 2. The maximum atomic E-state index is 8.83. The average Bonchev–Trinajstić information content (AvgIpc) is 3.02. The molecule has 6 heteroatoms. The van der Waals surface area contributed by atoms with Gasteiger partial charge >= 0.3 is 0 Å². The Morgan fingerprint density at radius 2 is 2.14 bits per heavy atom. The van der Waals surface area contributed by atoms with E-state index in [1.165, 1.54) is 0 Å². The van der Waals surface area contributed by atoms with Crippen LogP contribution in [-0.4, -0.2) is 43.1 Å². The number of nitrogens with one attached hydrogen (secondary N) is 1. The van der Waals surface area contributed by atoms with E-state index >= 15 is 0 Å². The fourth-order valence-electron chi connectivity index (χ4n) is 2.43. The minimum atomic E-state index is 0.724. The van der Waals surface area contributed by atoms with E-state index < -0.39 is 0 Å². The highest BCUT2D eigenvalue weighted by atomic mass is 32.1. The number of hydrogen-bond donors (Lipinski definition) is 1. The zero-order valence-corrected chi connectivity index (χ0v) is 13.4. The van der Waals surface area contributed by atoms with Gasteiger partial charge in [0.05, 0.1) is 17.4 Å².